The number of nitrogens with one attached hydrogen (secondary N) is 1. The molecule has 0 fully saturated rings. The summed E-state index contributed by atoms with van der Waals surface area (Å²) in [6, 6.07) is 15.7. The van der Waals surface area contributed by atoms with Crippen LogP contribution < -0.4 is 11.1 Å². The normalized spacial score (nSPS) is 11.3. The van der Waals surface area contributed by atoms with Gasteiger partial charge in [0.05, 0.1) is 11.0 Å². The van der Waals surface area contributed by atoms with E-state index in [9.17, 15) is 4.79 Å². The largest absolute Gasteiger partial charge is 0.384 e. The number of fused-ring (bicyclic) bond motifs is 2. The zero-order valence-corrected chi connectivity index (χ0v) is 18.2. The number of amides is 1. The molecule has 0 saturated heterocycles. The summed E-state index contributed by atoms with van der Waals surface area (Å²) in [7, 11) is 0. The van der Waals surface area contributed by atoms with Gasteiger partial charge in [0.15, 0.2) is 5.65 Å². The minimum absolute atomic E-state index is 0.200. The van der Waals surface area contributed by atoms with E-state index in [4.69, 9.17) is 15.7 Å². The number of hydrogen-bond donors (Lipinski definition) is 2. The van der Waals surface area contributed by atoms with Gasteiger partial charge in [0.1, 0.15) is 16.9 Å². The molecule has 0 bridgehead atoms. The molecule has 6 heteroatoms. The van der Waals surface area contributed by atoms with Crippen LogP contribution in [0.15, 0.2) is 48.5 Å². The SMILES string of the molecule is CCCCCCCNC(=O)c1c(N)n(-c2cccc(C)c2)c2nc3ccccc3nc12. The topological polar surface area (TPSA) is 85.8 Å². The Balaban J connectivity index is 1.76. The maximum Gasteiger partial charge on any atom is 0.257 e. The second-order valence-electron chi connectivity index (χ2n) is 7.99. The smallest absolute Gasteiger partial charge is 0.257 e. The third-order valence-electron chi connectivity index (χ3n) is 5.55. The lowest BCUT2D eigenvalue weighted by molar-refractivity contribution is 0.0955. The number of carbonyl (C=O) groups is 1. The molecule has 2 aromatic heterocycles. The van der Waals surface area contributed by atoms with Gasteiger partial charge in [0.25, 0.3) is 5.91 Å². The van der Waals surface area contributed by atoms with Crippen LogP contribution in [-0.4, -0.2) is 27.0 Å². The Morgan fingerprint density at radius 2 is 1.74 bits per heavy atom. The van der Waals surface area contributed by atoms with Crippen molar-refractivity contribution in [1.82, 2.24) is 19.9 Å². The third kappa shape index (κ3) is 4.24. The molecular weight excluding hydrogens is 386 g/mol. The van der Waals surface area contributed by atoms with Crippen molar-refractivity contribution in [3.8, 4) is 5.69 Å². The number of carbonyl (C=O) groups excluding carboxylic acids is 1. The van der Waals surface area contributed by atoms with Crippen LogP contribution in [0.5, 0.6) is 0 Å². The molecule has 4 aromatic rings. The van der Waals surface area contributed by atoms with Gasteiger partial charge in [0, 0.05) is 12.2 Å². The predicted octanol–water partition coefficient (Wildman–Crippen LogP) is 5.16. The van der Waals surface area contributed by atoms with E-state index >= 15 is 0 Å². The van der Waals surface area contributed by atoms with Gasteiger partial charge >= 0.3 is 0 Å². The number of nitrogens with zero attached hydrogens (tertiary/aromatic N) is 3. The number of hydrogen-bond acceptors (Lipinski definition) is 4. The van der Waals surface area contributed by atoms with Gasteiger partial charge in [-0.15, -0.1) is 0 Å². The lowest BCUT2D eigenvalue weighted by atomic mass is 10.1. The van der Waals surface area contributed by atoms with Gasteiger partial charge in [-0.3, -0.25) is 9.36 Å². The van der Waals surface area contributed by atoms with Crippen molar-refractivity contribution >= 4 is 33.9 Å². The van der Waals surface area contributed by atoms with E-state index in [2.05, 4.69) is 12.2 Å². The van der Waals surface area contributed by atoms with E-state index in [1.54, 1.807) is 0 Å². The maximum absolute atomic E-state index is 13.1. The van der Waals surface area contributed by atoms with Crippen molar-refractivity contribution < 1.29 is 4.79 Å². The maximum atomic E-state index is 13.1. The van der Waals surface area contributed by atoms with E-state index in [1.807, 2.05) is 60.0 Å². The fraction of sp³-hybridized carbons (Fsp3) is 0.320. The number of aromatic nitrogens is 3. The molecule has 0 aliphatic carbocycles. The van der Waals surface area contributed by atoms with Crippen LogP contribution in [0.25, 0.3) is 27.9 Å². The summed E-state index contributed by atoms with van der Waals surface area (Å²) in [6.45, 7) is 4.85. The number of rotatable bonds is 8. The molecule has 0 atom stereocenters. The Kier molecular flexibility index (Phi) is 6.16. The van der Waals surface area contributed by atoms with E-state index in [0.717, 1.165) is 35.1 Å². The molecule has 1 amide bonds. The lowest BCUT2D eigenvalue weighted by Crippen LogP contribution is -2.25. The first-order chi connectivity index (χ1) is 15.1. The van der Waals surface area contributed by atoms with Crippen LogP contribution in [-0.2, 0) is 0 Å². The Hall–Kier alpha value is -3.41. The predicted molar refractivity (Wildman–Crippen MR) is 127 cm³/mol. The molecule has 4 rings (SSSR count). The molecule has 6 nitrogen and oxygen atoms in total. The van der Waals surface area contributed by atoms with Crippen molar-refractivity contribution in [2.75, 3.05) is 12.3 Å². The first-order valence-electron chi connectivity index (χ1n) is 11.0. The van der Waals surface area contributed by atoms with E-state index in [1.165, 1.54) is 19.3 Å². The molecule has 0 aliphatic rings. The van der Waals surface area contributed by atoms with Crippen LogP contribution >= 0.6 is 0 Å². The molecule has 31 heavy (non-hydrogen) atoms. The quantitative estimate of drug-likeness (QED) is 0.389. The third-order valence-corrected chi connectivity index (χ3v) is 5.55. The Bertz CT molecular complexity index is 1230. The van der Waals surface area contributed by atoms with Crippen molar-refractivity contribution in [2.45, 2.75) is 46.0 Å². The molecule has 3 N–H and O–H groups in total. The van der Waals surface area contributed by atoms with Crippen molar-refractivity contribution in [3.63, 3.8) is 0 Å². The van der Waals surface area contributed by atoms with Gasteiger partial charge in [0.2, 0.25) is 0 Å². The fourth-order valence-electron chi connectivity index (χ4n) is 3.93. The van der Waals surface area contributed by atoms with E-state index in [0.29, 0.717) is 29.1 Å². The fourth-order valence-corrected chi connectivity index (χ4v) is 3.93. The standard InChI is InChI=1S/C25H29N5O/c1-3-4-5-6-9-15-27-25(31)21-22-24(29-20-14-8-7-13-19(20)28-22)30(23(21)26)18-12-10-11-17(2)16-18/h7-8,10-14,16H,3-6,9,15,26H2,1-2H3,(H,27,31). The zero-order chi connectivity index (χ0) is 21.8. The highest BCUT2D eigenvalue weighted by Crippen LogP contribution is 2.31. The van der Waals surface area contributed by atoms with Crippen molar-refractivity contribution in [2.24, 2.45) is 0 Å². The molecule has 2 aromatic carbocycles. The minimum Gasteiger partial charge on any atom is -0.384 e. The lowest BCUT2D eigenvalue weighted by Gasteiger charge is -2.09. The van der Waals surface area contributed by atoms with Gasteiger partial charge in [-0.05, 0) is 43.2 Å². The van der Waals surface area contributed by atoms with Crippen LogP contribution in [0.2, 0.25) is 0 Å². The molecule has 2 heterocycles. The zero-order valence-electron chi connectivity index (χ0n) is 18.2. The van der Waals surface area contributed by atoms with Crippen LogP contribution in [0, 0.1) is 6.92 Å². The van der Waals surface area contributed by atoms with Crippen LogP contribution in [0.3, 0.4) is 0 Å². The molecule has 0 unspecified atom stereocenters. The summed E-state index contributed by atoms with van der Waals surface area (Å²) in [5, 5.41) is 3.03. The van der Waals surface area contributed by atoms with Crippen molar-refractivity contribution in [1.29, 1.82) is 0 Å². The average molecular weight is 416 g/mol. The number of aryl methyl sites for hydroxylation is 1. The molecule has 160 valence electrons. The number of benzene rings is 2. The number of nitrogen functional groups attached to an aromatic ring is 1. The Labute approximate surface area is 182 Å². The van der Waals surface area contributed by atoms with Crippen LogP contribution in [0.1, 0.15) is 54.9 Å². The number of para-hydroxylation sites is 2. The summed E-state index contributed by atoms with van der Waals surface area (Å²) in [5.74, 6) is 0.161. The Morgan fingerprint density at radius 3 is 2.48 bits per heavy atom. The van der Waals surface area contributed by atoms with Gasteiger partial charge in [-0.1, -0.05) is 56.9 Å². The van der Waals surface area contributed by atoms with E-state index in [-0.39, 0.29) is 5.91 Å². The Morgan fingerprint density at radius 1 is 1.00 bits per heavy atom. The van der Waals surface area contributed by atoms with Crippen LogP contribution in [0.4, 0.5) is 5.82 Å². The van der Waals surface area contributed by atoms with Crippen molar-refractivity contribution in [3.05, 3.63) is 59.7 Å². The molecule has 0 radical (unpaired) electrons. The average Bonchev–Trinajstić information content (AvgIpc) is 3.05. The highest BCUT2D eigenvalue weighted by atomic mass is 16.1. The molecule has 0 saturated carbocycles. The molecule has 0 spiro atoms. The molecular formula is C25H29N5O. The highest BCUT2D eigenvalue weighted by Gasteiger charge is 2.24. The molecule has 0 aliphatic heterocycles. The second kappa shape index (κ2) is 9.16. The van der Waals surface area contributed by atoms with Gasteiger partial charge < -0.3 is 11.1 Å². The first-order valence-corrected chi connectivity index (χ1v) is 11.0. The van der Waals surface area contributed by atoms with E-state index < -0.39 is 0 Å². The number of anilines is 1. The second-order valence-corrected chi connectivity index (χ2v) is 7.99. The summed E-state index contributed by atoms with van der Waals surface area (Å²) >= 11 is 0. The van der Waals surface area contributed by atoms with Gasteiger partial charge in [-0.2, -0.15) is 0 Å². The summed E-state index contributed by atoms with van der Waals surface area (Å²) < 4.78 is 1.83. The van der Waals surface area contributed by atoms with Gasteiger partial charge in [-0.25, -0.2) is 9.97 Å². The minimum atomic E-state index is -0.200. The first kappa shape index (κ1) is 20.8. The number of nitrogens with two attached hydrogens (primary N) is 1. The number of unbranched alkanes of at least 4 members (excludes halogenated alkanes) is 4. The summed E-state index contributed by atoms with van der Waals surface area (Å²) in [4.78, 5) is 22.7. The summed E-state index contributed by atoms with van der Waals surface area (Å²) in [6.07, 6.45) is 5.69. The summed E-state index contributed by atoms with van der Waals surface area (Å²) in [5.41, 5.74) is 11.5. The monoisotopic (exact) mass is 415 g/mol. The highest BCUT2D eigenvalue weighted by molar-refractivity contribution is 6.11.